The van der Waals surface area contributed by atoms with Crippen molar-refractivity contribution in [3.8, 4) is 5.75 Å². The van der Waals surface area contributed by atoms with E-state index in [0.29, 0.717) is 12.5 Å². The van der Waals surface area contributed by atoms with Gasteiger partial charge in [-0.2, -0.15) is 4.98 Å². The van der Waals surface area contributed by atoms with Crippen LogP contribution in [0.4, 0.5) is 0 Å². The molecule has 0 spiro atoms. The van der Waals surface area contributed by atoms with Crippen molar-refractivity contribution < 1.29 is 9.26 Å². The quantitative estimate of drug-likeness (QED) is 0.743. The first-order valence-electron chi connectivity index (χ1n) is 4.55. The second kappa shape index (κ2) is 3.24. The molecule has 3 rings (SSSR count). The fourth-order valence-corrected chi connectivity index (χ4v) is 1.84. The Balaban J connectivity index is 2.04. The fraction of sp³-hybridized carbons (Fsp3) is 0.200. The average Bonchev–Trinajstić information content (AvgIpc) is 2.83. The molecule has 76 valence electrons. The summed E-state index contributed by atoms with van der Waals surface area (Å²) in [5.41, 5.74) is 1.07. The Hall–Kier alpha value is -1.55. The van der Waals surface area contributed by atoms with Crippen molar-refractivity contribution in [1.82, 2.24) is 10.1 Å². The Kier molecular flexibility index (Phi) is 1.89. The smallest absolute Gasteiger partial charge is 0.263 e. The Morgan fingerprint density at radius 3 is 3.00 bits per heavy atom. The third-order valence-electron chi connectivity index (χ3n) is 2.41. The highest BCUT2D eigenvalue weighted by Crippen LogP contribution is 2.37. The average molecular weight is 223 g/mol. The normalized spacial score (nSPS) is 18.6. The lowest BCUT2D eigenvalue weighted by Crippen LogP contribution is -2.02. The number of para-hydroxylation sites is 1. The predicted octanol–water partition coefficient (Wildman–Crippen LogP) is 2.25. The lowest BCUT2D eigenvalue weighted by atomic mass is 10.0. The van der Waals surface area contributed by atoms with Crippen molar-refractivity contribution in [1.29, 1.82) is 0 Å². The van der Waals surface area contributed by atoms with Crippen LogP contribution in [0.3, 0.4) is 0 Å². The number of hydrogen-bond acceptors (Lipinski definition) is 4. The molecule has 0 aliphatic carbocycles. The molecular weight excluding hydrogens is 216 g/mol. The van der Waals surface area contributed by atoms with Crippen molar-refractivity contribution in [2.24, 2.45) is 0 Å². The summed E-state index contributed by atoms with van der Waals surface area (Å²) in [7, 11) is 0. The first kappa shape index (κ1) is 8.73. The molecule has 0 fully saturated rings. The van der Waals surface area contributed by atoms with E-state index in [2.05, 4.69) is 10.1 Å². The van der Waals surface area contributed by atoms with E-state index >= 15 is 0 Å². The molecule has 0 N–H and O–H groups in total. The van der Waals surface area contributed by atoms with Crippen molar-refractivity contribution in [2.75, 3.05) is 6.61 Å². The van der Waals surface area contributed by atoms with Gasteiger partial charge in [-0.1, -0.05) is 18.2 Å². The molecule has 0 amide bonds. The highest BCUT2D eigenvalue weighted by Gasteiger charge is 2.29. The van der Waals surface area contributed by atoms with Gasteiger partial charge in [-0.25, -0.2) is 0 Å². The maximum atomic E-state index is 5.61. The molecule has 0 saturated carbocycles. The van der Waals surface area contributed by atoms with Crippen LogP contribution < -0.4 is 4.74 Å². The zero-order chi connectivity index (χ0) is 10.3. The summed E-state index contributed by atoms with van der Waals surface area (Å²) < 4.78 is 10.5. The van der Waals surface area contributed by atoms with E-state index in [4.69, 9.17) is 20.9 Å². The maximum Gasteiger partial charge on any atom is 0.263 e. The van der Waals surface area contributed by atoms with Crippen LogP contribution in [0.5, 0.6) is 5.75 Å². The van der Waals surface area contributed by atoms with Gasteiger partial charge in [0.15, 0.2) is 0 Å². The summed E-state index contributed by atoms with van der Waals surface area (Å²) in [6.45, 7) is 0.526. The number of ether oxygens (including phenoxy) is 1. The van der Waals surface area contributed by atoms with Crippen LogP contribution in [0.2, 0.25) is 5.28 Å². The van der Waals surface area contributed by atoms with E-state index in [-0.39, 0.29) is 11.2 Å². The van der Waals surface area contributed by atoms with Crippen molar-refractivity contribution in [3.63, 3.8) is 0 Å². The number of hydrogen-bond donors (Lipinski definition) is 0. The van der Waals surface area contributed by atoms with Crippen LogP contribution in [-0.2, 0) is 0 Å². The van der Waals surface area contributed by atoms with Crippen LogP contribution in [0.25, 0.3) is 0 Å². The van der Waals surface area contributed by atoms with E-state index in [1.807, 2.05) is 24.3 Å². The Morgan fingerprint density at radius 2 is 2.20 bits per heavy atom. The molecule has 1 aliphatic heterocycles. The second-order valence-electron chi connectivity index (χ2n) is 3.30. The highest BCUT2D eigenvalue weighted by atomic mass is 35.5. The maximum absolute atomic E-state index is 5.61. The highest BCUT2D eigenvalue weighted by molar-refractivity contribution is 6.28. The molecule has 0 saturated heterocycles. The molecule has 0 radical (unpaired) electrons. The van der Waals surface area contributed by atoms with Gasteiger partial charge in [-0.05, 0) is 22.8 Å². The van der Waals surface area contributed by atoms with Gasteiger partial charge in [-0.3, -0.25) is 0 Å². The minimum absolute atomic E-state index is 0.00111. The topological polar surface area (TPSA) is 48.2 Å². The molecule has 1 aliphatic rings. The zero-order valence-electron chi connectivity index (χ0n) is 7.68. The third-order valence-corrected chi connectivity index (χ3v) is 2.57. The van der Waals surface area contributed by atoms with Gasteiger partial charge in [0.05, 0.1) is 0 Å². The SMILES string of the molecule is Clc1noc(C2COc3ccccc32)n1. The van der Waals surface area contributed by atoms with E-state index in [1.165, 1.54) is 0 Å². The van der Waals surface area contributed by atoms with Crippen LogP contribution >= 0.6 is 11.6 Å². The van der Waals surface area contributed by atoms with Gasteiger partial charge in [0.1, 0.15) is 18.3 Å². The number of aromatic nitrogens is 2. The number of rotatable bonds is 1. The first-order chi connectivity index (χ1) is 7.34. The number of nitrogens with zero attached hydrogens (tertiary/aromatic N) is 2. The lowest BCUT2D eigenvalue weighted by molar-refractivity contribution is 0.305. The number of benzene rings is 1. The Morgan fingerprint density at radius 1 is 1.33 bits per heavy atom. The minimum atomic E-state index is 0.00111. The summed E-state index contributed by atoms with van der Waals surface area (Å²) in [5.74, 6) is 1.38. The van der Waals surface area contributed by atoms with Gasteiger partial charge >= 0.3 is 0 Å². The minimum Gasteiger partial charge on any atom is -0.492 e. The van der Waals surface area contributed by atoms with E-state index < -0.39 is 0 Å². The molecule has 1 aromatic heterocycles. The van der Waals surface area contributed by atoms with Gasteiger partial charge in [0, 0.05) is 5.56 Å². The molecular formula is C10H7ClN2O2. The summed E-state index contributed by atoms with van der Waals surface area (Å²) >= 11 is 5.61. The second-order valence-corrected chi connectivity index (χ2v) is 3.64. The van der Waals surface area contributed by atoms with Crippen LogP contribution in [0.15, 0.2) is 28.8 Å². The Labute approximate surface area is 90.8 Å². The fourth-order valence-electron chi connectivity index (χ4n) is 1.72. The Bertz CT molecular complexity index is 498. The zero-order valence-corrected chi connectivity index (χ0v) is 8.44. The first-order valence-corrected chi connectivity index (χ1v) is 4.93. The van der Waals surface area contributed by atoms with Crippen LogP contribution in [-0.4, -0.2) is 16.7 Å². The van der Waals surface area contributed by atoms with Gasteiger partial charge in [0.25, 0.3) is 5.28 Å². The third kappa shape index (κ3) is 1.37. The summed E-state index contributed by atoms with van der Waals surface area (Å²) in [6, 6.07) is 7.80. The monoisotopic (exact) mass is 222 g/mol. The molecule has 4 nitrogen and oxygen atoms in total. The van der Waals surface area contributed by atoms with Crippen molar-refractivity contribution in [3.05, 3.63) is 41.0 Å². The van der Waals surface area contributed by atoms with E-state index in [1.54, 1.807) is 0 Å². The van der Waals surface area contributed by atoms with Crippen LogP contribution in [0.1, 0.15) is 17.4 Å². The summed E-state index contributed by atoms with van der Waals surface area (Å²) in [6.07, 6.45) is 0. The van der Waals surface area contributed by atoms with E-state index in [0.717, 1.165) is 11.3 Å². The molecule has 1 unspecified atom stereocenters. The van der Waals surface area contributed by atoms with Gasteiger partial charge in [0.2, 0.25) is 5.89 Å². The van der Waals surface area contributed by atoms with Crippen LogP contribution in [0, 0.1) is 0 Å². The molecule has 1 aromatic carbocycles. The molecule has 2 heterocycles. The van der Waals surface area contributed by atoms with Gasteiger partial charge in [-0.15, -0.1) is 0 Å². The molecule has 2 aromatic rings. The largest absolute Gasteiger partial charge is 0.492 e. The van der Waals surface area contributed by atoms with E-state index in [9.17, 15) is 0 Å². The molecule has 5 heteroatoms. The molecule has 15 heavy (non-hydrogen) atoms. The van der Waals surface area contributed by atoms with Crippen molar-refractivity contribution in [2.45, 2.75) is 5.92 Å². The number of fused-ring (bicyclic) bond motifs is 1. The molecule has 1 atom stereocenters. The lowest BCUT2D eigenvalue weighted by Gasteiger charge is -2.00. The molecule has 0 bridgehead atoms. The predicted molar refractivity (Wildman–Crippen MR) is 53.1 cm³/mol. The standard InChI is InChI=1S/C10H7ClN2O2/c11-10-12-9(15-13-10)7-5-14-8-4-2-1-3-6(7)8/h1-4,7H,5H2. The summed E-state index contributed by atoms with van der Waals surface area (Å²) in [4.78, 5) is 4.00. The van der Waals surface area contributed by atoms with Crippen molar-refractivity contribution >= 4 is 11.6 Å². The number of halogens is 1. The van der Waals surface area contributed by atoms with Gasteiger partial charge < -0.3 is 9.26 Å². The summed E-state index contributed by atoms with van der Waals surface area (Å²) in [5, 5.41) is 3.69.